The number of pyridine rings is 1. The fraction of sp³-hybridized carbons (Fsp3) is 0.350. The third-order valence-electron chi connectivity index (χ3n) is 5.21. The van der Waals surface area contributed by atoms with Gasteiger partial charge in [-0.15, -0.1) is 0 Å². The molecule has 2 aromatic heterocycles. The molecule has 150 valence electrons. The molecule has 1 aliphatic carbocycles. The van der Waals surface area contributed by atoms with Crippen molar-refractivity contribution in [2.75, 3.05) is 7.05 Å². The van der Waals surface area contributed by atoms with Gasteiger partial charge in [-0.1, -0.05) is 11.6 Å². The number of fused-ring (bicyclic) bond motifs is 1. The van der Waals surface area contributed by atoms with E-state index in [0.29, 0.717) is 27.7 Å². The van der Waals surface area contributed by atoms with Gasteiger partial charge in [-0.25, -0.2) is 4.98 Å². The van der Waals surface area contributed by atoms with E-state index in [2.05, 4.69) is 5.10 Å². The third-order valence-corrected chi connectivity index (χ3v) is 5.58. The number of benzene rings is 1. The Balaban J connectivity index is 1.72. The summed E-state index contributed by atoms with van der Waals surface area (Å²) in [7, 11) is 3.48. The molecule has 3 aromatic rings. The standard InChI is InChI=1S/C20H20ClN5O3/c1-11-18-15(9-17(12-4-5-12)22-19(18)25(3)23-11)20(27)24(2)10-13-8-14(26(28)29)6-7-16(13)21/h6-9,12H,4-5,10H2,1-3H3. The van der Waals surface area contributed by atoms with Gasteiger partial charge in [-0.3, -0.25) is 19.6 Å². The minimum atomic E-state index is -0.477. The van der Waals surface area contributed by atoms with Crippen LogP contribution in [0.15, 0.2) is 24.3 Å². The molecule has 1 amide bonds. The molecule has 1 aliphatic rings. The van der Waals surface area contributed by atoms with Crippen LogP contribution in [0, 0.1) is 17.0 Å². The number of nitro benzene ring substituents is 1. The summed E-state index contributed by atoms with van der Waals surface area (Å²) in [6.45, 7) is 2.01. The normalized spacial score (nSPS) is 13.7. The Hall–Kier alpha value is -3.00. The molecule has 0 radical (unpaired) electrons. The van der Waals surface area contributed by atoms with Crippen molar-refractivity contribution in [3.8, 4) is 0 Å². The molecule has 0 aliphatic heterocycles. The van der Waals surface area contributed by atoms with Gasteiger partial charge in [0.05, 0.1) is 21.6 Å². The molecule has 1 saturated carbocycles. The van der Waals surface area contributed by atoms with E-state index in [1.807, 2.05) is 20.0 Å². The summed E-state index contributed by atoms with van der Waals surface area (Å²) in [4.78, 5) is 30.2. The van der Waals surface area contributed by atoms with Crippen LogP contribution in [0.1, 0.15) is 46.1 Å². The number of carbonyl (C=O) groups excluding carboxylic acids is 1. The lowest BCUT2D eigenvalue weighted by Gasteiger charge is -2.19. The minimum absolute atomic E-state index is 0.0596. The number of nitro groups is 1. The fourth-order valence-electron chi connectivity index (χ4n) is 3.55. The number of aromatic nitrogens is 3. The zero-order valence-corrected chi connectivity index (χ0v) is 17.1. The second-order valence-electron chi connectivity index (χ2n) is 7.47. The van der Waals surface area contributed by atoms with Crippen molar-refractivity contribution in [2.24, 2.45) is 7.05 Å². The van der Waals surface area contributed by atoms with Crippen LogP contribution in [-0.2, 0) is 13.6 Å². The number of rotatable bonds is 5. The highest BCUT2D eigenvalue weighted by molar-refractivity contribution is 6.31. The highest BCUT2D eigenvalue weighted by Gasteiger charge is 2.29. The van der Waals surface area contributed by atoms with Gasteiger partial charge in [0, 0.05) is 49.4 Å². The average molecular weight is 414 g/mol. The number of halogens is 1. The van der Waals surface area contributed by atoms with E-state index in [1.54, 1.807) is 11.7 Å². The Morgan fingerprint density at radius 2 is 2.10 bits per heavy atom. The van der Waals surface area contributed by atoms with E-state index < -0.39 is 4.92 Å². The zero-order chi connectivity index (χ0) is 20.9. The van der Waals surface area contributed by atoms with E-state index in [4.69, 9.17) is 16.6 Å². The van der Waals surface area contributed by atoms with E-state index >= 15 is 0 Å². The van der Waals surface area contributed by atoms with Crippen LogP contribution in [0.5, 0.6) is 0 Å². The van der Waals surface area contributed by atoms with Gasteiger partial charge in [0.1, 0.15) is 0 Å². The number of non-ortho nitro benzene ring substituents is 1. The smallest absolute Gasteiger partial charge is 0.269 e. The highest BCUT2D eigenvalue weighted by Crippen LogP contribution is 2.40. The number of hydrogen-bond acceptors (Lipinski definition) is 5. The minimum Gasteiger partial charge on any atom is -0.337 e. The van der Waals surface area contributed by atoms with Gasteiger partial charge in [-0.2, -0.15) is 5.10 Å². The molecule has 0 saturated heterocycles. The molecule has 0 N–H and O–H groups in total. The maximum Gasteiger partial charge on any atom is 0.269 e. The van der Waals surface area contributed by atoms with Crippen molar-refractivity contribution in [1.82, 2.24) is 19.7 Å². The highest BCUT2D eigenvalue weighted by atomic mass is 35.5. The Labute approximate surface area is 172 Å². The lowest BCUT2D eigenvalue weighted by molar-refractivity contribution is -0.384. The number of hydrogen-bond donors (Lipinski definition) is 0. The van der Waals surface area contributed by atoms with Crippen LogP contribution in [0.25, 0.3) is 11.0 Å². The number of nitrogens with zero attached hydrogens (tertiary/aromatic N) is 5. The van der Waals surface area contributed by atoms with Gasteiger partial charge < -0.3 is 4.90 Å². The van der Waals surface area contributed by atoms with Gasteiger partial charge >= 0.3 is 0 Å². The molecular weight excluding hydrogens is 394 g/mol. The average Bonchev–Trinajstić information content (AvgIpc) is 3.48. The summed E-state index contributed by atoms with van der Waals surface area (Å²) in [5.41, 5.74) is 3.35. The zero-order valence-electron chi connectivity index (χ0n) is 16.3. The maximum atomic E-state index is 13.3. The second-order valence-corrected chi connectivity index (χ2v) is 7.88. The predicted molar refractivity (Wildman–Crippen MR) is 109 cm³/mol. The molecule has 8 nitrogen and oxygen atoms in total. The lowest BCUT2D eigenvalue weighted by atomic mass is 10.1. The SMILES string of the molecule is Cc1nn(C)c2nc(C3CC3)cc(C(=O)N(C)Cc3cc([N+](=O)[O-])ccc3Cl)c12. The predicted octanol–water partition coefficient (Wildman–Crippen LogP) is 3.99. The molecule has 0 bridgehead atoms. The largest absolute Gasteiger partial charge is 0.337 e. The van der Waals surface area contributed by atoms with Crippen LogP contribution in [0.4, 0.5) is 5.69 Å². The first-order chi connectivity index (χ1) is 13.8. The number of carbonyl (C=O) groups is 1. The first-order valence-corrected chi connectivity index (χ1v) is 9.66. The van der Waals surface area contributed by atoms with E-state index in [1.165, 1.54) is 23.1 Å². The topological polar surface area (TPSA) is 94.2 Å². The Morgan fingerprint density at radius 3 is 2.76 bits per heavy atom. The Morgan fingerprint density at radius 1 is 1.38 bits per heavy atom. The summed E-state index contributed by atoms with van der Waals surface area (Å²) >= 11 is 6.21. The van der Waals surface area contributed by atoms with Gasteiger partial charge in [0.25, 0.3) is 11.6 Å². The molecule has 2 heterocycles. The van der Waals surface area contributed by atoms with Crippen LogP contribution in [0.3, 0.4) is 0 Å². The molecule has 9 heteroatoms. The Kier molecular flexibility index (Phi) is 4.74. The Bertz CT molecular complexity index is 1150. The molecule has 1 fully saturated rings. The number of aryl methyl sites for hydroxylation is 2. The first kappa shape index (κ1) is 19.3. The molecule has 0 atom stereocenters. The van der Waals surface area contributed by atoms with Crippen molar-refractivity contribution in [3.05, 3.63) is 61.9 Å². The fourth-order valence-corrected chi connectivity index (χ4v) is 3.73. The lowest BCUT2D eigenvalue weighted by Crippen LogP contribution is -2.27. The molecule has 29 heavy (non-hydrogen) atoms. The summed E-state index contributed by atoms with van der Waals surface area (Å²) in [6.07, 6.45) is 2.14. The van der Waals surface area contributed by atoms with Gasteiger partial charge in [-0.05, 0) is 37.5 Å². The second kappa shape index (κ2) is 7.11. The van der Waals surface area contributed by atoms with Crippen molar-refractivity contribution >= 4 is 34.2 Å². The van der Waals surface area contributed by atoms with E-state index in [9.17, 15) is 14.9 Å². The van der Waals surface area contributed by atoms with Crippen LogP contribution in [0.2, 0.25) is 5.02 Å². The monoisotopic (exact) mass is 413 g/mol. The summed E-state index contributed by atoms with van der Waals surface area (Å²) in [6, 6.07) is 6.09. The third kappa shape index (κ3) is 3.55. The molecule has 1 aromatic carbocycles. The molecule has 4 rings (SSSR count). The van der Waals surface area contributed by atoms with Crippen molar-refractivity contribution < 1.29 is 9.72 Å². The van der Waals surface area contributed by atoms with E-state index in [-0.39, 0.29) is 18.1 Å². The summed E-state index contributed by atoms with van der Waals surface area (Å²) in [5.74, 6) is 0.190. The van der Waals surface area contributed by atoms with Gasteiger partial charge in [0.15, 0.2) is 5.65 Å². The van der Waals surface area contributed by atoms with Crippen molar-refractivity contribution in [2.45, 2.75) is 32.2 Å². The summed E-state index contributed by atoms with van der Waals surface area (Å²) in [5, 5.41) is 16.6. The van der Waals surface area contributed by atoms with Crippen molar-refractivity contribution in [1.29, 1.82) is 0 Å². The van der Waals surface area contributed by atoms with E-state index in [0.717, 1.165) is 29.6 Å². The van der Waals surface area contributed by atoms with Crippen LogP contribution >= 0.6 is 11.6 Å². The molecular formula is C20H20ClN5O3. The number of amides is 1. The quantitative estimate of drug-likeness (QED) is 0.465. The van der Waals surface area contributed by atoms with Crippen LogP contribution < -0.4 is 0 Å². The summed E-state index contributed by atoms with van der Waals surface area (Å²) < 4.78 is 1.70. The molecule has 0 spiro atoms. The first-order valence-electron chi connectivity index (χ1n) is 9.28. The van der Waals surface area contributed by atoms with Gasteiger partial charge in [0.2, 0.25) is 0 Å². The maximum absolute atomic E-state index is 13.3. The van der Waals surface area contributed by atoms with Crippen LogP contribution in [-0.4, -0.2) is 37.5 Å². The molecule has 0 unspecified atom stereocenters. The van der Waals surface area contributed by atoms with Crippen molar-refractivity contribution in [3.63, 3.8) is 0 Å².